The number of rotatable bonds is 4. The molecule has 0 aliphatic rings. The minimum Gasteiger partial charge on any atom is -0.361 e. The standard InChI is InChI=1S/C11H17ClN2O2/c1-6(5-12)11(15)13-7(2)10-8(3)14-16-9(10)4/h6-7H,5H2,1-4H3,(H,13,15). The lowest BCUT2D eigenvalue weighted by molar-refractivity contribution is -0.124. The lowest BCUT2D eigenvalue weighted by Gasteiger charge is -2.16. The lowest BCUT2D eigenvalue weighted by Crippen LogP contribution is -2.32. The molecular weight excluding hydrogens is 228 g/mol. The molecule has 0 saturated heterocycles. The monoisotopic (exact) mass is 244 g/mol. The van der Waals surface area contributed by atoms with Gasteiger partial charge in [-0.25, -0.2) is 0 Å². The first-order chi connectivity index (χ1) is 7.47. The van der Waals surface area contributed by atoms with Gasteiger partial charge < -0.3 is 9.84 Å². The lowest BCUT2D eigenvalue weighted by atomic mass is 10.1. The van der Waals surface area contributed by atoms with E-state index in [-0.39, 0.29) is 17.9 Å². The predicted molar refractivity (Wildman–Crippen MR) is 62.4 cm³/mol. The van der Waals surface area contributed by atoms with Crippen LogP contribution in [0.5, 0.6) is 0 Å². The SMILES string of the molecule is Cc1noc(C)c1C(C)NC(=O)C(C)CCl. The second kappa shape index (κ2) is 5.34. The van der Waals surface area contributed by atoms with Crippen LogP contribution in [-0.4, -0.2) is 16.9 Å². The van der Waals surface area contributed by atoms with Crippen molar-refractivity contribution in [2.75, 3.05) is 5.88 Å². The summed E-state index contributed by atoms with van der Waals surface area (Å²) < 4.78 is 5.06. The minimum atomic E-state index is -0.190. The molecule has 90 valence electrons. The van der Waals surface area contributed by atoms with E-state index in [9.17, 15) is 4.79 Å². The fourth-order valence-electron chi connectivity index (χ4n) is 1.61. The Morgan fingerprint density at radius 3 is 2.56 bits per heavy atom. The van der Waals surface area contributed by atoms with E-state index in [1.165, 1.54) is 0 Å². The van der Waals surface area contributed by atoms with Gasteiger partial charge in [-0.15, -0.1) is 11.6 Å². The average Bonchev–Trinajstić information content (AvgIpc) is 2.57. The van der Waals surface area contributed by atoms with Crippen LogP contribution >= 0.6 is 11.6 Å². The van der Waals surface area contributed by atoms with Crippen molar-refractivity contribution in [2.45, 2.75) is 33.7 Å². The molecule has 2 unspecified atom stereocenters. The summed E-state index contributed by atoms with van der Waals surface area (Å²) >= 11 is 5.63. The number of hydrogen-bond donors (Lipinski definition) is 1. The molecule has 1 amide bonds. The van der Waals surface area contributed by atoms with E-state index in [1.54, 1.807) is 6.92 Å². The van der Waals surface area contributed by atoms with Crippen LogP contribution < -0.4 is 5.32 Å². The number of nitrogens with one attached hydrogen (secondary N) is 1. The van der Waals surface area contributed by atoms with E-state index < -0.39 is 0 Å². The number of amides is 1. The zero-order valence-electron chi connectivity index (χ0n) is 10.0. The average molecular weight is 245 g/mol. The summed E-state index contributed by atoms with van der Waals surface area (Å²) in [4.78, 5) is 11.7. The highest BCUT2D eigenvalue weighted by Gasteiger charge is 2.20. The molecule has 0 aliphatic carbocycles. The van der Waals surface area contributed by atoms with E-state index in [0.717, 1.165) is 17.0 Å². The van der Waals surface area contributed by atoms with Gasteiger partial charge in [0.25, 0.3) is 0 Å². The molecular formula is C11H17ClN2O2. The van der Waals surface area contributed by atoms with Gasteiger partial charge in [0.1, 0.15) is 5.76 Å². The van der Waals surface area contributed by atoms with Crippen molar-refractivity contribution < 1.29 is 9.32 Å². The van der Waals surface area contributed by atoms with Gasteiger partial charge in [-0.1, -0.05) is 12.1 Å². The molecule has 0 radical (unpaired) electrons. The highest BCUT2D eigenvalue weighted by Crippen LogP contribution is 2.21. The molecule has 2 atom stereocenters. The van der Waals surface area contributed by atoms with Crippen molar-refractivity contribution >= 4 is 17.5 Å². The van der Waals surface area contributed by atoms with Crippen LogP contribution in [-0.2, 0) is 4.79 Å². The Balaban J connectivity index is 2.73. The van der Waals surface area contributed by atoms with Gasteiger partial charge in [0, 0.05) is 17.4 Å². The molecule has 0 aromatic carbocycles. The highest BCUT2D eigenvalue weighted by atomic mass is 35.5. The number of hydrogen-bond acceptors (Lipinski definition) is 3. The smallest absolute Gasteiger partial charge is 0.224 e. The van der Waals surface area contributed by atoms with Crippen molar-refractivity contribution in [2.24, 2.45) is 5.92 Å². The molecule has 0 saturated carbocycles. The molecule has 1 rings (SSSR count). The largest absolute Gasteiger partial charge is 0.361 e. The fraction of sp³-hybridized carbons (Fsp3) is 0.636. The Kier molecular flexibility index (Phi) is 4.35. The van der Waals surface area contributed by atoms with Gasteiger partial charge in [0.15, 0.2) is 0 Å². The molecule has 0 fully saturated rings. The topological polar surface area (TPSA) is 55.1 Å². The first-order valence-corrected chi connectivity index (χ1v) is 5.80. The van der Waals surface area contributed by atoms with Crippen molar-refractivity contribution in [3.05, 3.63) is 17.0 Å². The van der Waals surface area contributed by atoms with Crippen molar-refractivity contribution in [3.8, 4) is 0 Å². The number of aryl methyl sites for hydroxylation is 2. The van der Waals surface area contributed by atoms with Gasteiger partial charge in [-0.05, 0) is 20.8 Å². The van der Waals surface area contributed by atoms with Gasteiger partial charge in [-0.3, -0.25) is 4.79 Å². The molecule has 1 aromatic rings. The molecule has 5 heteroatoms. The molecule has 0 aliphatic heterocycles. The molecule has 1 N–H and O–H groups in total. The summed E-state index contributed by atoms with van der Waals surface area (Å²) in [5.74, 6) is 0.816. The Morgan fingerprint density at radius 1 is 1.50 bits per heavy atom. The van der Waals surface area contributed by atoms with Crippen LogP contribution in [0.4, 0.5) is 0 Å². The third-order valence-corrected chi connectivity index (χ3v) is 3.02. The Hall–Kier alpha value is -1.03. The summed E-state index contributed by atoms with van der Waals surface area (Å²) in [5.41, 5.74) is 1.75. The maximum Gasteiger partial charge on any atom is 0.224 e. The number of carbonyl (C=O) groups excluding carboxylic acids is 1. The third-order valence-electron chi connectivity index (χ3n) is 2.56. The van der Waals surface area contributed by atoms with Crippen molar-refractivity contribution in [1.29, 1.82) is 0 Å². The zero-order chi connectivity index (χ0) is 12.3. The van der Waals surface area contributed by atoms with Crippen LogP contribution in [0.3, 0.4) is 0 Å². The summed E-state index contributed by atoms with van der Waals surface area (Å²) in [6.45, 7) is 7.40. The summed E-state index contributed by atoms with van der Waals surface area (Å²) in [6.07, 6.45) is 0. The predicted octanol–water partition coefficient (Wildman–Crippen LogP) is 2.34. The number of aromatic nitrogens is 1. The second-order valence-electron chi connectivity index (χ2n) is 4.02. The highest BCUT2D eigenvalue weighted by molar-refractivity contribution is 6.19. The molecule has 0 spiro atoms. The fourth-order valence-corrected chi connectivity index (χ4v) is 1.75. The number of halogens is 1. The van der Waals surface area contributed by atoms with Crippen molar-refractivity contribution in [1.82, 2.24) is 10.5 Å². The molecule has 1 aromatic heterocycles. The van der Waals surface area contributed by atoms with E-state index >= 15 is 0 Å². The molecule has 0 bridgehead atoms. The van der Waals surface area contributed by atoms with Gasteiger partial charge >= 0.3 is 0 Å². The quantitative estimate of drug-likeness (QED) is 0.828. The maximum absolute atomic E-state index is 11.7. The summed E-state index contributed by atoms with van der Waals surface area (Å²) in [7, 11) is 0. The third kappa shape index (κ3) is 2.76. The van der Waals surface area contributed by atoms with Crippen LogP contribution in [0.1, 0.15) is 36.9 Å². The summed E-state index contributed by atoms with van der Waals surface area (Å²) in [5, 5.41) is 6.75. The summed E-state index contributed by atoms with van der Waals surface area (Å²) in [6, 6.07) is -0.107. The number of carbonyl (C=O) groups is 1. The minimum absolute atomic E-state index is 0.0532. The number of nitrogens with zero attached hydrogens (tertiary/aromatic N) is 1. The van der Waals surface area contributed by atoms with Crippen molar-refractivity contribution in [3.63, 3.8) is 0 Å². The van der Waals surface area contributed by atoms with Gasteiger partial charge in [0.2, 0.25) is 5.91 Å². The van der Waals surface area contributed by atoms with Crippen LogP contribution in [0, 0.1) is 19.8 Å². The molecule has 4 nitrogen and oxygen atoms in total. The van der Waals surface area contributed by atoms with E-state index in [1.807, 2.05) is 20.8 Å². The maximum atomic E-state index is 11.7. The zero-order valence-corrected chi connectivity index (χ0v) is 10.8. The normalized spacial score (nSPS) is 14.6. The van der Waals surface area contributed by atoms with E-state index in [4.69, 9.17) is 16.1 Å². The Labute approximate surface area is 100 Å². The van der Waals surface area contributed by atoms with Gasteiger partial charge in [-0.2, -0.15) is 0 Å². The Morgan fingerprint density at radius 2 is 2.12 bits per heavy atom. The van der Waals surface area contributed by atoms with Gasteiger partial charge in [0.05, 0.1) is 11.7 Å². The first kappa shape index (κ1) is 13.0. The first-order valence-electron chi connectivity index (χ1n) is 5.26. The number of alkyl halides is 1. The van der Waals surface area contributed by atoms with E-state index in [0.29, 0.717) is 5.88 Å². The van der Waals surface area contributed by atoms with Crippen LogP contribution in [0.15, 0.2) is 4.52 Å². The molecule has 1 heterocycles. The van der Waals surface area contributed by atoms with E-state index in [2.05, 4.69) is 10.5 Å². The van der Waals surface area contributed by atoms with Crippen LogP contribution in [0.25, 0.3) is 0 Å². The van der Waals surface area contributed by atoms with Crippen LogP contribution in [0.2, 0.25) is 0 Å². The Bertz CT molecular complexity index is 357. The second-order valence-corrected chi connectivity index (χ2v) is 4.33. The molecule has 16 heavy (non-hydrogen) atoms.